The number of carbonyl (C=O) groups is 1. The summed E-state index contributed by atoms with van der Waals surface area (Å²) in [7, 11) is -0.670. The number of hydrogen-bond donors (Lipinski definition) is 1. The van der Waals surface area contributed by atoms with Gasteiger partial charge in [-0.05, 0) is 25.5 Å². The van der Waals surface area contributed by atoms with Crippen LogP contribution in [0.5, 0.6) is 0 Å². The van der Waals surface area contributed by atoms with Gasteiger partial charge in [-0.3, -0.25) is 9.52 Å². The zero-order chi connectivity index (χ0) is 13.2. The lowest BCUT2D eigenvalue weighted by Gasteiger charge is -2.15. The van der Waals surface area contributed by atoms with Gasteiger partial charge in [0.1, 0.15) is 0 Å². The first-order chi connectivity index (χ1) is 7.74. The highest BCUT2D eigenvalue weighted by Gasteiger charge is 2.15. The molecule has 0 spiro atoms. The fourth-order valence-corrected chi connectivity index (χ4v) is 1.86. The van der Waals surface area contributed by atoms with Crippen LogP contribution < -0.4 is 4.72 Å². The Morgan fingerprint density at radius 2 is 1.88 bits per heavy atom. The van der Waals surface area contributed by atoms with Gasteiger partial charge in [0.2, 0.25) is 0 Å². The first kappa shape index (κ1) is 13.7. The molecular formula is C11H16N2O3S. The molecule has 1 aromatic rings. The Kier molecular flexibility index (Phi) is 3.90. The summed E-state index contributed by atoms with van der Waals surface area (Å²) in [5, 5.41) is 0. The van der Waals surface area contributed by atoms with Crippen molar-refractivity contribution >= 4 is 21.7 Å². The Bertz CT molecular complexity index is 536. The Morgan fingerprint density at radius 1 is 1.29 bits per heavy atom. The van der Waals surface area contributed by atoms with E-state index in [1.165, 1.54) is 21.0 Å². The molecular weight excluding hydrogens is 240 g/mol. The Labute approximate surface area is 102 Å². The molecule has 0 atom stereocenters. The van der Waals surface area contributed by atoms with Crippen molar-refractivity contribution in [2.24, 2.45) is 0 Å². The molecule has 0 heterocycles. The van der Waals surface area contributed by atoms with Gasteiger partial charge in [-0.25, -0.2) is 0 Å². The third-order valence-corrected chi connectivity index (χ3v) is 3.80. The monoisotopic (exact) mass is 256 g/mol. The smallest absolute Gasteiger partial charge is 0.295 e. The molecule has 0 aliphatic heterocycles. The lowest BCUT2D eigenvalue weighted by molar-refractivity contribution is 0.101. The van der Waals surface area contributed by atoms with Crippen molar-refractivity contribution in [2.45, 2.75) is 13.8 Å². The average molecular weight is 256 g/mol. The van der Waals surface area contributed by atoms with E-state index in [9.17, 15) is 13.2 Å². The molecule has 17 heavy (non-hydrogen) atoms. The zero-order valence-electron chi connectivity index (χ0n) is 10.3. The van der Waals surface area contributed by atoms with Gasteiger partial charge in [0, 0.05) is 19.7 Å². The van der Waals surface area contributed by atoms with E-state index >= 15 is 0 Å². The molecule has 5 nitrogen and oxygen atoms in total. The third-order valence-electron chi connectivity index (χ3n) is 2.36. The third kappa shape index (κ3) is 3.28. The molecule has 6 heteroatoms. The number of rotatable bonds is 4. The molecule has 0 bridgehead atoms. The van der Waals surface area contributed by atoms with Crippen LogP contribution in [0.15, 0.2) is 18.2 Å². The molecule has 1 aromatic carbocycles. The summed E-state index contributed by atoms with van der Waals surface area (Å²) in [6.07, 6.45) is 0. The standard InChI is InChI=1S/C11H16N2O3S/c1-8-5-6-10(9(2)14)7-11(8)12-17(15,16)13(3)4/h5-7,12H,1-4H3. The van der Waals surface area contributed by atoms with E-state index in [0.29, 0.717) is 11.3 Å². The van der Waals surface area contributed by atoms with Crippen molar-refractivity contribution < 1.29 is 13.2 Å². The second-order valence-electron chi connectivity index (χ2n) is 3.98. The molecule has 94 valence electrons. The second kappa shape index (κ2) is 4.85. The normalized spacial score (nSPS) is 11.6. The summed E-state index contributed by atoms with van der Waals surface area (Å²) in [6, 6.07) is 4.92. The minimum Gasteiger partial charge on any atom is -0.295 e. The molecule has 0 radical (unpaired) electrons. The molecule has 0 fully saturated rings. The molecule has 0 aliphatic rings. The van der Waals surface area contributed by atoms with Crippen molar-refractivity contribution in [1.29, 1.82) is 0 Å². The first-order valence-corrected chi connectivity index (χ1v) is 6.50. The van der Waals surface area contributed by atoms with Crippen molar-refractivity contribution in [3.05, 3.63) is 29.3 Å². The van der Waals surface area contributed by atoms with Gasteiger partial charge in [-0.1, -0.05) is 12.1 Å². The molecule has 0 saturated carbocycles. The van der Waals surface area contributed by atoms with Crippen LogP contribution in [0.25, 0.3) is 0 Å². The summed E-state index contributed by atoms with van der Waals surface area (Å²) in [5.41, 5.74) is 1.67. The highest BCUT2D eigenvalue weighted by molar-refractivity contribution is 7.90. The number of hydrogen-bond acceptors (Lipinski definition) is 3. The van der Waals surface area contributed by atoms with Gasteiger partial charge in [0.05, 0.1) is 5.69 Å². The first-order valence-electron chi connectivity index (χ1n) is 5.06. The number of anilines is 1. The maximum atomic E-state index is 11.7. The van der Waals surface area contributed by atoms with Crippen LogP contribution in [0, 0.1) is 6.92 Å². The van der Waals surface area contributed by atoms with Crippen LogP contribution in [0.4, 0.5) is 5.69 Å². The van der Waals surface area contributed by atoms with Gasteiger partial charge in [0.15, 0.2) is 5.78 Å². The number of ketones is 1. The van der Waals surface area contributed by atoms with Gasteiger partial charge in [-0.2, -0.15) is 12.7 Å². The van der Waals surface area contributed by atoms with E-state index in [1.807, 2.05) is 0 Å². The largest absolute Gasteiger partial charge is 0.301 e. The van der Waals surface area contributed by atoms with E-state index in [0.717, 1.165) is 9.87 Å². The predicted octanol–water partition coefficient (Wildman–Crippen LogP) is 1.42. The van der Waals surface area contributed by atoms with Crippen LogP contribution >= 0.6 is 0 Å². The summed E-state index contributed by atoms with van der Waals surface area (Å²) in [5.74, 6) is -0.102. The van der Waals surface area contributed by atoms with Crippen LogP contribution in [-0.2, 0) is 10.2 Å². The van der Waals surface area contributed by atoms with Gasteiger partial charge >= 0.3 is 10.2 Å². The minimum absolute atomic E-state index is 0.102. The molecule has 0 unspecified atom stereocenters. The van der Waals surface area contributed by atoms with Crippen molar-refractivity contribution in [2.75, 3.05) is 18.8 Å². The number of aryl methyl sites for hydroxylation is 1. The van der Waals surface area contributed by atoms with E-state index in [4.69, 9.17) is 0 Å². The Morgan fingerprint density at radius 3 is 2.35 bits per heavy atom. The van der Waals surface area contributed by atoms with E-state index in [1.54, 1.807) is 25.1 Å². The Balaban J connectivity index is 3.15. The van der Waals surface area contributed by atoms with Crippen molar-refractivity contribution in [3.63, 3.8) is 0 Å². The van der Waals surface area contributed by atoms with Crippen molar-refractivity contribution in [1.82, 2.24) is 4.31 Å². The number of carbonyl (C=O) groups excluding carboxylic acids is 1. The van der Waals surface area contributed by atoms with Gasteiger partial charge in [0.25, 0.3) is 0 Å². The van der Waals surface area contributed by atoms with Gasteiger partial charge < -0.3 is 0 Å². The number of nitrogens with one attached hydrogen (secondary N) is 1. The van der Waals surface area contributed by atoms with E-state index in [-0.39, 0.29) is 5.78 Å². The zero-order valence-corrected chi connectivity index (χ0v) is 11.1. The van der Waals surface area contributed by atoms with Crippen LogP contribution in [0.2, 0.25) is 0 Å². The van der Waals surface area contributed by atoms with Crippen LogP contribution in [0.3, 0.4) is 0 Å². The fraction of sp³-hybridized carbons (Fsp3) is 0.364. The molecule has 1 rings (SSSR count). The number of nitrogens with zero attached hydrogens (tertiary/aromatic N) is 1. The van der Waals surface area contributed by atoms with Crippen LogP contribution in [0.1, 0.15) is 22.8 Å². The Hall–Kier alpha value is -1.40. The summed E-state index contributed by atoms with van der Waals surface area (Å²) >= 11 is 0. The van der Waals surface area contributed by atoms with Crippen molar-refractivity contribution in [3.8, 4) is 0 Å². The van der Waals surface area contributed by atoms with E-state index < -0.39 is 10.2 Å². The molecule has 0 aromatic heterocycles. The summed E-state index contributed by atoms with van der Waals surface area (Å²) in [4.78, 5) is 11.2. The predicted molar refractivity (Wildman–Crippen MR) is 67.4 cm³/mol. The second-order valence-corrected chi connectivity index (χ2v) is 5.86. The van der Waals surface area contributed by atoms with E-state index in [2.05, 4.69) is 4.72 Å². The number of Topliss-reactive ketones (excluding diaryl/α,β-unsaturated/α-hetero) is 1. The average Bonchev–Trinajstić information content (AvgIpc) is 2.20. The van der Waals surface area contributed by atoms with Crippen LogP contribution in [-0.4, -0.2) is 32.6 Å². The highest BCUT2D eigenvalue weighted by atomic mass is 32.2. The maximum absolute atomic E-state index is 11.7. The molecule has 1 N–H and O–H groups in total. The lowest BCUT2D eigenvalue weighted by atomic mass is 10.1. The topological polar surface area (TPSA) is 66.5 Å². The summed E-state index contributed by atoms with van der Waals surface area (Å²) in [6.45, 7) is 3.21. The highest BCUT2D eigenvalue weighted by Crippen LogP contribution is 2.19. The molecule has 0 aliphatic carbocycles. The van der Waals surface area contributed by atoms with Gasteiger partial charge in [-0.15, -0.1) is 0 Å². The fourth-order valence-electron chi connectivity index (χ4n) is 1.18. The maximum Gasteiger partial charge on any atom is 0.301 e. The minimum atomic E-state index is -3.54. The lowest BCUT2D eigenvalue weighted by Crippen LogP contribution is -2.29. The molecule has 0 amide bonds. The number of benzene rings is 1. The summed E-state index contributed by atoms with van der Waals surface area (Å²) < 4.78 is 26.8. The SMILES string of the molecule is CC(=O)c1ccc(C)c(NS(=O)(=O)N(C)C)c1. The molecule has 0 saturated heterocycles. The quantitative estimate of drug-likeness (QED) is 0.828.